The lowest BCUT2D eigenvalue weighted by Gasteiger charge is -2.47. The highest BCUT2D eigenvalue weighted by Gasteiger charge is 2.41. The number of benzene rings is 2. The fourth-order valence-corrected chi connectivity index (χ4v) is 6.02. The van der Waals surface area contributed by atoms with Gasteiger partial charge in [-0.25, -0.2) is 0 Å². The molecule has 2 aliphatic rings. The molecule has 2 aromatic carbocycles. The van der Waals surface area contributed by atoms with E-state index in [4.69, 9.17) is 14.2 Å². The molecule has 0 spiro atoms. The number of nitrogens with zero attached hydrogens (tertiary/aromatic N) is 1. The van der Waals surface area contributed by atoms with Crippen molar-refractivity contribution in [3.05, 3.63) is 48.0 Å². The Morgan fingerprint density at radius 2 is 1.81 bits per heavy atom. The number of likely N-dealkylation sites (tertiary alicyclic amines) is 1. The Morgan fingerprint density at radius 3 is 2.52 bits per heavy atom. The van der Waals surface area contributed by atoms with Crippen molar-refractivity contribution in [2.75, 3.05) is 33.4 Å². The predicted octanol–water partition coefficient (Wildman–Crippen LogP) is 5.58. The third kappa shape index (κ3) is 4.80. The monoisotopic (exact) mass is 447 g/mol. The van der Waals surface area contributed by atoms with Gasteiger partial charge in [0.1, 0.15) is 16.7 Å². The zero-order chi connectivity index (χ0) is 21.8. The first-order valence-corrected chi connectivity index (χ1v) is 12.7. The topological polar surface area (TPSA) is 71.4 Å². The number of methoxy groups -OCH3 is 1. The lowest BCUT2D eigenvalue weighted by atomic mass is 10.1. The molecule has 2 atom stereocenters. The van der Waals surface area contributed by atoms with Crippen LogP contribution in [0.4, 0.5) is 0 Å². The molecule has 2 aromatic rings. The van der Waals surface area contributed by atoms with Crippen LogP contribution in [-0.2, 0) is 0 Å². The molecule has 170 valence electrons. The Labute approximate surface area is 186 Å². The average Bonchev–Trinajstić information content (AvgIpc) is 2.80. The lowest BCUT2D eigenvalue weighted by Crippen LogP contribution is -2.31. The molecule has 0 saturated carbocycles. The van der Waals surface area contributed by atoms with Crippen LogP contribution in [0.15, 0.2) is 47.4 Å². The van der Waals surface area contributed by atoms with E-state index in [1.807, 2.05) is 31.2 Å². The van der Waals surface area contributed by atoms with Crippen molar-refractivity contribution < 1.29 is 23.3 Å². The number of piperidine rings is 1. The smallest absolute Gasteiger partial charge is 0.185 e. The molecule has 1 fully saturated rings. The van der Waals surface area contributed by atoms with Gasteiger partial charge in [0, 0.05) is 6.54 Å². The van der Waals surface area contributed by atoms with Gasteiger partial charge < -0.3 is 19.1 Å². The molecule has 0 aliphatic carbocycles. The van der Waals surface area contributed by atoms with Gasteiger partial charge in [0.05, 0.1) is 19.0 Å². The summed E-state index contributed by atoms with van der Waals surface area (Å²) < 4.78 is 39.4. The minimum Gasteiger partial charge on any atom is -0.494 e. The minimum absolute atomic E-state index is 0.407. The van der Waals surface area contributed by atoms with Crippen LogP contribution in [0.3, 0.4) is 0 Å². The summed E-state index contributed by atoms with van der Waals surface area (Å²) in [6.45, 7) is 6.01. The van der Waals surface area contributed by atoms with Crippen LogP contribution in [-0.4, -0.2) is 52.6 Å². The summed E-state index contributed by atoms with van der Waals surface area (Å²) in [4.78, 5) is 2.92. The molecule has 4 rings (SSSR count). The second-order valence-corrected chi connectivity index (χ2v) is 10.7. The number of hydrogen-bond acceptors (Lipinski definition) is 6. The van der Waals surface area contributed by atoms with Crippen molar-refractivity contribution in [2.24, 2.45) is 0 Å². The van der Waals surface area contributed by atoms with Gasteiger partial charge in [-0.1, -0.05) is 24.6 Å². The first-order chi connectivity index (χ1) is 15.0. The molecule has 2 aliphatic heterocycles. The van der Waals surface area contributed by atoms with E-state index in [9.17, 15) is 9.11 Å². The molecule has 0 radical (unpaired) electrons. The zero-order valence-electron chi connectivity index (χ0n) is 18.3. The van der Waals surface area contributed by atoms with Crippen molar-refractivity contribution in [3.8, 4) is 17.2 Å². The molecule has 0 amide bonds. The quantitative estimate of drug-likeness (QED) is 0.540. The van der Waals surface area contributed by atoms with Crippen LogP contribution in [0.25, 0.3) is 0 Å². The molecule has 7 heteroatoms. The summed E-state index contributed by atoms with van der Waals surface area (Å²) in [5.74, 6) is 1.73. The standard InChI is InChI=1S/C24H33NO5S/c1-18-23(30-24-21(28-2)8-6-9-22(24)31(18,26)27)19-10-12-20(13-11-19)29-17-7-16-25-14-4-3-5-15-25/h6,8-13,18,23,26-27H,3-5,7,14-17H2,1-2H3. The van der Waals surface area contributed by atoms with Crippen LogP contribution in [0.5, 0.6) is 17.2 Å². The largest absolute Gasteiger partial charge is 0.494 e. The fraction of sp³-hybridized carbons (Fsp3) is 0.500. The number of hydrogen-bond donors (Lipinski definition) is 2. The SMILES string of the molecule is COc1cccc2c1OC(c1ccc(OCCCN3CCCCC3)cc1)C(C)S2(O)O. The summed E-state index contributed by atoms with van der Waals surface area (Å²) in [7, 11) is -1.48. The second kappa shape index (κ2) is 9.69. The van der Waals surface area contributed by atoms with Crippen LogP contribution >= 0.6 is 10.6 Å². The Morgan fingerprint density at radius 1 is 1.06 bits per heavy atom. The molecule has 0 aromatic heterocycles. The Hall–Kier alpha value is -1.93. The number of fused-ring (bicyclic) bond motifs is 1. The Kier molecular flexibility index (Phi) is 6.96. The molecule has 31 heavy (non-hydrogen) atoms. The third-order valence-corrected chi connectivity index (χ3v) is 8.47. The van der Waals surface area contributed by atoms with E-state index in [1.54, 1.807) is 25.3 Å². The molecular weight excluding hydrogens is 414 g/mol. The van der Waals surface area contributed by atoms with Gasteiger partial charge in [-0.2, -0.15) is 10.6 Å². The van der Waals surface area contributed by atoms with Crippen molar-refractivity contribution >= 4 is 10.6 Å². The highest BCUT2D eigenvalue weighted by Crippen LogP contribution is 2.64. The second-order valence-electron chi connectivity index (χ2n) is 8.30. The minimum atomic E-state index is -3.03. The first-order valence-electron chi connectivity index (χ1n) is 11.1. The van der Waals surface area contributed by atoms with Crippen LogP contribution in [0, 0.1) is 0 Å². The molecule has 2 heterocycles. The molecule has 2 unspecified atom stereocenters. The highest BCUT2D eigenvalue weighted by molar-refractivity contribution is 8.25. The van der Waals surface area contributed by atoms with E-state index in [1.165, 1.54) is 32.4 Å². The van der Waals surface area contributed by atoms with Gasteiger partial charge in [0.2, 0.25) is 0 Å². The summed E-state index contributed by atoms with van der Waals surface area (Å²) in [6.07, 6.45) is 4.51. The number of ether oxygens (including phenoxy) is 3. The summed E-state index contributed by atoms with van der Waals surface area (Å²) in [5, 5.41) is -0.483. The van der Waals surface area contributed by atoms with Gasteiger partial charge in [-0.05, 0) is 69.1 Å². The van der Waals surface area contributed by atoms with Crippen LogP contribution in [0.2, 0.25) is 0 Å². The maximum Gasteiger partial charge on any atom is 0.185 e. The van der Waals surface area contributed by atoms with Gasteiger partial charge in [0.25, 0.3) is 0 Å². The van der Waals surface area contributed by atoms with E-state index in [0.29, 0.717) is 23.0 Å². The predicted molar refractivity (Wildman–Crippen MR) is 124 cm³/mol. The van der Waals surface area contributed by atoms with Crippen molar-refractivity contribution in [1.82, 2.24) is 4.90 Å². The molecule has 6 nitrogen and oxygen atoms in total. The van der Waals surface area contributed by atoms with E-state index < -0.39 is 21.9 Å². The average molecular weight is 448 g/mol. The summed E-state index contributed by atoms with van der Waals surface area (Å²) in [6, 6.07) is 12.9. The van der Waals surface area contributed by atoms with Crippen molar-refractivity contribution in [2.45, 2.75) is 48.9 Å². The molecule has 2 N–H and O–H groups in total. The molecule has 1 saturated heterocycles. The van der Waals surface area contributed by atoms with E-state index in [2.05, 4.69) is 4.90 Å². The van der Waals surface area contributed by atoms with Gasteiger partial charge >= 0.3 is 0 Å². The lowest BCUT2D eigenvalue weighted by molar-refractivity contribution is 0.172. The Balaban J connectivity index is 1.40. The molecular formula is C24H33NO5S. The third-order valence-electron chi connectivity index (χ3n) is 6.22. The van der Waals surface area contributed by atoms with E-state index >= 15 is 0 Å². The fourth-order valence-electron chi connectivity index (χ4n) is 4.36. The Bertz CT molecular complexity index is 867. The van der Waals surface area contributed by atoms with E-state index in [0.717, 1.165) is 24.3 Å². The number of rotatable bonds is 7. The van der Waals surface area contributed by atoms with Crippen LogP contribution < -0.4 is 14.2 Å². The molecule has 0 bridgehead atoms. The summed E-state index contributed by atoms with van der Waals surface area (Å²) in [5.41, 5.74) is 0.879. The van der Waals surface area contributed by atoms with Gasteiger partial charge in [-0.3, -0.25) is 9.11 Å². The highest BCUT2D eigenvalue weighted by atomic mass is 32.3. The van der Waals surface area contributed by atoms with Crippen molar-refractivity contribution in [3.63, 3.8) is 0 Å². The maximum atomic E-state index is 10.9. The van der Waals surface area contributed by atoms with Crippen LogP contribution in [0.1, 0.15) is 44.3 Å². The normalized spacial score (nSPS) is 24.0. The first kappa shape index (κ1) is 22.3. The maximum absolute atomic E-state index is 10.9. The van der Waals surface area contributed by atoms with E-state index in [-0.39, 0.29) is 0 Å². The number of para-hydroxylation sites is 1. The summed E-state index contributed by atoms with van der Waals surface area (Å²) >= 11 is 0. The van der Waals surface area contributed by atoms with Crippen molar-refractivity contribution in [1.29, 1.82) is 0 Å². The van der Waals surface area contributed by atoms with Gasteiger partial charge in [0.15, 0.2) is 11.5 Å². The zero-order valence-corrected chi connectivity index (χ0v) is 19.1. The van der Waals surface area contributed by atoms with Gasteiger partial charge in [-0.15, -0.1) is 0 Å².